The fourth-order valence-corrected chi connectivity index (χ4v) is 5.11. The third-order valence-electron chi connectivity index (χ3n) is 5.98. The molecule has 3 aromatic rings. The number of nitrogens with zero attached hydrogens (tertiary/aromatic N) is 6. The first-order valence-corrected chi connectivity index (χ1v) is 12.7. The maximum absolute atomic E-state index is 13.5. The Morgan fingerprint density at radius 1 is 1.19 bits per heavy atom. The van der Waals surface area contributed by atoms with Crippen LogP contribution in [-0.2, 0) is 16.8 Å². The second-order valence-corrected chi connectivity index (χ2v) is 10.9. The van der Waals surface area contributed by atoms with Gasteiger partial charge in [-0.15, -0.1) is 0 Å². The summed E-state index contributed by atoms with van der Waals surface area (Å²) in [6, 6.07) is 5.86. The first-order chi connectivity index (χ1) is 17.1. The molecule has 0 spiro atoms. The molecule has 1 aliphatic rings. The number of benzene rings is 1. The molecule has 2 aromatic heterocycles. The topological polar surface area (TPSA) is 142 Å². The maximum atomic E-state index is 13.5. The van der Waals surface area contributed by atoms with Crippen LogP contribution in [0.4, 0.5) is 4.39 Å². The molecule has 0 aliphatic carbocycles. The normalized spacial score (nSPS) is 16.5. The highest BCUT2D eigenvalue weighted by Gasteiger charge is 2.33. The number of halogens is 1. The maximum Gasteiger partial charge on any atom is 0.281 e. The molecule has 1 saturated heterocycles. The van der Waals surface area contributed by atoms with Crippen molar-refractivity contribution in [3.63, 3.8) is 0 Å². The van der Waals surface area contributed by atoms with Crippen molar-refractivity contribution in [3.05, 3.63) is 58.9 Å². The Hall–Kier alpha value is -3.49. The van der Waals surface area contributed by atoms with E-state index in [-0.39, 0.29) is 42.0 Å². The van der Waals surface area contributed by atoms with Crippen molar-refractivity contribution in [3.8, 4) is 0 Å². The average Bonchev–Trinajstić information content (AvgIpc) is 3.52. The number of hydrogen-bond donors (Lipinski definition) is 2. The van der Waals surface area contributed by atoms with E-state index in [1.807, 2.05) is 0 Å². The molecule has 3 heterocycles. The Kier molecular flexibility index (Phi) is 7.28. The van der Waals surface area contributed by atoms with Gasteiger partial charge >= 0.3 is 0 Å². The van der Waals surface area contributed by atoms with Crippen molar-refractivity contribution < 1.29 is 22.4 Å². The van der Waals surface area contributed by atoms with Crippen LogP contribution in [0.5, 0.6) is 0 Å². The number of aryl methyl sites for hydroxylation is 1. The van der Waals surface area contributed by atoms with E-state index in [0.29, 0.717) is 30.6 Å². The zero-order valence-electron chi connectivity index (χ0n) is 20.1. The van der Waals surface area contributed by atoms with Crippen molar-refractivity contribution >= 4 is 27.8 Å². The molecule has 1 atom stereocenters. The predicted octanol–water partition coefficient (Wildman–Crippen LogP) is 0.360. The molecule has 0 saturated carbocycles. The van der Waals surface area contributed by atoms with Crippen LogP contribution < -0.4 is 10.6 Å². The van der Waals surface area contributed by atoms with Crippen LogP contribution in [0.15, 0.2) is 30.6 Å². The summed E-state index contributed by atoms with van der Waals surface area (Å²) in [6.45, 7) is 2.71. The molecule has 12 nitrogen and oxygen atoms in total. The van der Waals surface area contributed by atoms with Crippen LogP contribution in [0, 0.1) is 18.7 Å². The predicted molar refractivity (Wildman–Crippen MR) is 128 cm³/mol. The smallest absolute Gasteiger partial charge is 0.281 e. The van der Waals surface area contributed by atoms with E-state index in [0.717, 1.165) is 4.31 Å². The van der Waals surface area contributed by atoms with Crippen molar-refractivity contribution in [2.24, 2.45) is 5.92 Å². The SMILES string of the molecule is Cc1cc(CNC(=O)c2cc(C(=O)NC[C@@H]3CCN(S(=O)(=O)N(C)C)C3)n3ncnc3n2)ccc1F. The Bertz CT molecular complexity index is 1410. The van der Waals surface area contributed by atoms with Gasteiger partial charge < -0.3 is 10.6 Å². The molecule has 14 heteroatoms. The van der Waals surface area contributed by atoms with Crippen molar-refractivity contribution in [2.45, 2.75) is 19.9 Å². The lowest BCUT2D eigenvalue weighted by atomic mass is 10.1. The first kappa shape index (κ1) is 25.6. The summed E-state index contributed by atoms with van der Waals surface area (Å²) in [5, 5.41) is 9.53. The highest BCUT2D eigenvalue weighted by atomic mass is 32.2. The molecule has 1 aliphatic heterocycles. The van der Waals surface area contributed by atoms with Gasteiger partial charge in [-0.2, -0.15) is 31.6 Å². The molecule has 0 unspecified atom stereocenters. The molecular formula is C22H27FN8O4S. The van der Waals surface area contributed by atoms with Gasteiger partial charge in [-0.05, 0) is 36.5 Å². The number of carbonyl (C=O) groups is 2. The molecule has 192 valence electrons. The van der Waals surface area contributed by atoms with Gasteiger partial charge in [-0.25, -0.2) is 9.37 Å². The molecular weight excluding hydrogens is 491 g/mol. The zero-order chi connectivity index (χ0) is 26.0. The lowest BCUT2D eigenvalue weighted by Gasteiger charge is -2.20. The molecule has 36 heavy (non-hydrogen) atoms. The van der Waals surface area contributed by atoms with Crippen LogP contribution in [0.25, 0.3) is 5.78 Å². The minimum atomic E-state index is -3.51. The second kappa shape index (κ2) is 10.2. The van der Waals surface area contributed by atoms with Gasteiger partial charge in [0.15, 0.2) is 0 Å². The number of nitrogens with one attached hydrogen (secondary N) is 2. The molecule has 4 rings (SSSR count). The van der Waals surface area contributed by atoms with E-state index >= 15 is 0 Å². The van der Waals surface area contributed by atoms with Gasteiger partial charge in [0.2, 0.25) is 0 Å². The highest BCUT2D eigenvalue weighted by Crippen LogP contribution is 2.20. The Morgan fingerprint density at radius 3 is 2.69 bits per heavy atom. The number of amides is 2. The van der Waals surface area contributed by atoms with Crippen molar-refractivity contribution in [1.82, 2.24) is 38.8 Å². The third-order valence-corrected chi connectivity index (χ3v) is 7.89. The standard InChI is InChI=1S/C22H27FN8O4S/c1-14-8-15(4-5-17(14)23)10-24-20(32)18-9-19(31-22(28-18)26-13-27-31)21(33)25-11-16-6-7-30(12-16)36(34,35)29(2)3/h4-5,8-9,13,16H,6-7,10-12H2,1-3H3,(H,24,32)(H,25,33)/t16-/m0/s1. The summed E-state index contributed by atoms with van der Waals surface area (Å²) in [5.74, 6) is -1.33. The lowest BCUT2D eigenvalue weighted by Crippen LogP contribution is -2.39. The fourth-order valence-electron chi connectivity index (χ4n) is 3.91. The number of carbonyl (C=O) groups excluding carboxylic acids is 2. The zero-order valence-corrected chi connectivity index (χ0v) is 20.9. The van der Waals surface area contributed by atoms with Crippen LogP contribution in [0.1, 0.15) is 38.5 Å². The molecule has 0 radical (unpaired) electrons. The Balaban J connectivity index is 1.43. The van der Waals surface area contributed by atoms with Crippen molar-refractivity contribution in [2.75, 3.05) is 33.7 Å². The van der Waals surface area contributed by atoms with Crippen LogP contribution in [0.3, 0.4) is 0 Å². The van der Waals surface area contributed by atoms with E-state index < -0.39 is 22.0 Å². The highest BCUT2D eigenvalue weighted by molar-refractivity contribution is 7.86. The third kappa shape index (κ3) is 5.34. The number of aromatic nitrogens is 4. The summed E-state index contributed by atoms with van der Waals surface area (Å²) in [7, 11) is -0.551. The Morgan fingerprint density at radius 2 is 1.97 bits per heavy atom. The molecule has 1 fully saturated rings. The summed E-state index contributed by atoms with van der Waals surface area (Å²) in [5.41, 5.74) is 1.22. The van der Waals surface area contributed by atoms with Gasteiger partial charge in [0.05, 0.1) is 0 Å². The van der Waals surface area contributed by atoms with E-state index in [4.69, 9.17) is 0 Å². The summed E-state index contributed by atoms with van der Waals surface area (Å²) >= 11 is 0. The van der Waals surface area contributed by atoms with E-state index in [1.165, 1.54) is 41.4 Å². The Labute approximate surface area is 207 Å². The summed E-state index contributed by atoms with van der Waals surface area (Å²) in [4.78, 5) is 33.9. The van der Waals surface area contributed by atoms with E-state index in [2.05, 4.69) is 25.7 Å². The van der Waals surface area contributed by atoms with Crippen LogP contribution in [-0.4, -0.2) is 82.2 Å². The summed E-state index contributed by atoms with van der Waals surface area (Å²) in [6.07, 6.45) is 1.84. The number of hydrogen-bond acceptors (Lipinski definition) is 7. The van der Waals surface area contributed by atoms with Gasteiger partial charge in [-0.1, -0.05) is 12.1 Å². The first-order valence-electron chi connectivity index (χ1n) is 11.3. The van der Waals surface area contributed by atoms with Gasteiger partial charge in [0.25, 0.3) is 27.8 Å². The number of rotatable bonds is 8. The van der Waals surface area contributed by atoms with E-state index in [9.17, 15) is 22.4 Å². The minimum Gasteiger partial charge on any atom is -0.350 e. The monoisotopic (exact) mass is 518 g/mol. The minimum absolute atomic E-state index is 0.0244. The average molecular weight is 519 g/mol. The number of fused-ring (bicyclic) bond motifs is 1. The van der Waals surface area contributed by atoms with Gasteiger partial charge in [0, 0.05) is 46.3 Å². The molecule has 2 N–H and O–H groups in total. The second-order valence-electron chi connectivity index (χ2n) is 8.78. The van der Waals surface area contributed by atoms with Crippen LogP contribution >= 0.6 is 0 Å². The molecule has 2 amide bonds. The lowest BCUT2D eigenvalue weighted by molar-refractivity contribution is 0.0940. The van der Waals surface area contributed by atoms with Crippen LogP contribution in [0.2, 0.25) is 0 Å². The molecule has 1 aromatic carbocycles. The quantitative estimate of drug-likeness (QED) is 0.439. The van der Waals surface area contributed by atoms with E-state index in [1.54, 1.807) is 19.1 Å². The van der Waals surface area contributed by atoms with Gasteiger partial charge in [0.1, 0.15) is 23.5 Å². The van der Waals surface area contributed by atoms with Gasteiger partial charge in [-0.3, -0.25) is 9.59 Å². The summed E-state index contributed by atoms with van der Waals surface area (Å²) < 4.78 is 41.9. The molecule has 0 bridgehead atoms. The fraction of sp³-hybridized carbons (Fsp3) is 0.409. The van der Waals surface area contributed by atoms with Crippen molar-refractivity contribution in [1.29, 1.82) is 0 Å². The largest absolute Gasteiger partial charge is 0.350 e.